The Morgan fingerprint density at radius 3 is 1.80 bits per heavy atom. The Hall–Kier alpha value is -6.19. The van der Waals surface area contributed by atoms with Gasteiger partial charge >= 0.3 is 0 Å². The van der Waals surface area contributed by atoms with E-state index < -0.39 is 0 Å². The third kappa shape index (κ3) is 4.41. The van der Waals surface area contributed by atoms with E-state index in [0.717, 1.165) is 44.6 Å². The first kappa shape index (κ1) is 26.2. The summed E-state index contributed by atoms with van der Waals surface area (Å²) in [4.78, 5) is 14.8. The molecule has 2 heterocycles. The van der Waals surface area contributed by atoms with Crippen molar-refractivity contribution in [3.63, 3.8) is 0 Å². The van der Waals surface area contributed by atoms with Crippen LogP contribution in [0.1, 0.15) is 0 Å². The first-order chi connectivity index (χ1) is 22.8. The number of nitrogens with zero attached hydrogens (tertiary/aromatic N) is 3. The molecule has 0 amide bonds. The molecule has 0 radical (unpaired) electrons. The second-order valence-electron chi connectivity index (χ2n) is 11.7. The maximum atomic E-state index is 5.20. The largest absolute Gasteiger partial charge is 0.263 e. The van der Waals surface area contributed by atoms with Crippen LogP contribution in [0.25, 0.3) is 88.1 Å². The van der Waals surface area contributed by atoms with Gasteiger partial charge in [0.2, 0.25) is 0 Å². The van der Waals surface area contributed by atoms with Crippen LogP contribution in [0.2, 0.25) is 0 Å². The average molecular weight is 586 g/mol. The summed E-state index contributed by atoms with van der Waals surface area (Å²) in [6.07, 6.45) is 3.86. The SMILES string of the molecule is c1ccc(-c2nc(-c3ccc(-c4cncc5ccccc45)cc3)cc(-c3cc4ccc5ccccc5c4c4ccccc34)n2)cc1. The number of fused-ring (bicyclic) bond motifs is 6. The summed E-state index contributed by atoms with van der Waals surface area (Å²) in [5.74, 6) is 0.707. The molecule has 0 fully saturated rings. The summed E-state index contributed by atoms with van der Waals surface area (Å²) in [6, 6.07) is 53.4. The maximum Gasteiger partial charge on any atom is 0.160 e. The fourth-order valence-electron chi connectivity index (χ4n) is 6.71. The Balaban J connectivity index is 1.24. The molecular weight excluding hydrogens is 558 g/mol. The van der Waals surface area contributed by atoms with Crippen LogP contribution in [0.5, 0.6) is 0 Å². The third-order valence-corrected chi connectivity index (χ3v) is 8.94. The zero-order valence-corrected chi connectivity index (χ0v) is 24.9. The molecule has 0 unspecified atom stereocenters. The molecule has 46 heavy (non-hydrogen) atoms. The lowest BCUT2D eigenvalue weighted by Gasteiger charge is -2.15. The standard InChI is InChI=1S/C43H27N3/c1-2-11-31(12-3-1)43-45-40(30-21-18-29(19-22-30)39-27-44-26-33-13-5-6-14-34(33)39)25-41(46-43)38-24-32-23-20-28-10-4-7-15-35(28)42(32)37-17-9-8-16-36(37)38/h1-27H. The highest BCUT2D eigenvalue weighted by Gasteiger charge is 2.16. The van der Waals surface area contributed by atoms with Crippen LogP contribution >= 0.6 is 0 Å². The lowest BCUT2D eigenvalue weighted by molar-refractivity contribution is 1.19. The van der Waals surface area contributed by atoms with Gasteiger partial charge in [-0.1, -0.05) is 140 Å². The van der Waals surface area contributed by atoms with Crippen molar-refractivity contribution in [3.8, 4) is 45.0 Å². The maximum absolute atomic E-state index is 5.20. The van der Waals surface area contributed by atoms with Crippen molar-refractivity contribution >= 4 is 43.1 Å². The highest BCUT2D eigenvalue weighted by atomic mass is 14.9. The van der Waals surface area contributed by atoms with Crippen LogP contribution in [0.3, 0.4) is 0 Å². The van der Waals surface area contributed by atoms with Crippen molar-refractivity contribution in [1.82, 2.24) is 15.0 Å². The van der Waals surface area contributed by atoms with E-state index in [4.69, 9.17) is 9.97 Å². The van der Waals surface area contributed by atoms with Gasteiger partial charge in [0.1, 0.15) is 0 Å². The molecule has 3 heteroatoms. The minimum Gasteiger partial charge on any atom is -0.263 e. The van der Waals surface area contributed by atoms with E-state index in [9.17, 15) is 0 Å². The molecule has 0 atom stereocenters. The van der Waals surface area contributed by atoms with E-state index in [1.54, 1.807) is 0 Å². The number of aromatic nitrogens is 3. The fraction of sp³-hybridized carbons (Fsp3) is 0. The number of hydrogen-bond donors (Lipinski definition) is 0. The summed E-state index contributed by atoms with van der Waals surface area (Å²) < 4.78 is 0. The van der Waals surface area contributed by atoms with Crippen molar-refractivity contribution in [3.05, 3.63) is 164 Å². The van der Waals surface area contributed by atoms with Gasteiger partial charge in [-0.05, 0) is 55.4 Å². The predicted molar refractivity (Wildman–Crippen MR) is 192 cm³/mol. The zero-order valence-electron chi connectivity index (χ0n) is 24.9. The Morgan fingerprint density at radius 1 is 0.348 bits per heavy atom. The van der Waals surface area contributed by atoms with Gasteiger partial charge in [-0.15, -0.1) is 0 Å². The minimum atomic E-state index is 0.707. The van der Waals surface area contributed by atoms with Crippen LogP contribution in [-0.2, 0) is 0 Å². The van der Waals surface area contributed by atoms with Crippen LogP contribution in [-0.4, -0.2) is 15.0 Å². The molecule has 0 saturated heterocycles. The fourth-order valence-corrected chi connectivity index (χ4v) is 6.71. The van der Waals surface area contributed by atoms with E-state index in [1.807, 2.05) is 30.6 Å². The monoisotopic (exact) mass is 585 g/mol. The predicted octanol–water partition coefficient (Wildman–Crippen LogP) is 11.2. The number of rotatable bonds is 4. The lowest BCUT2D eigenvalue weighted by Crippen LogP contribution is -1.97. The molecule has 2 aromatic heterocycles. The van der Waals surface area contributed by atoms with Gasteiger partial charge < -0.3 is 0 Å². The normalized spacial score (nSPS) is 11.5. The number of pyridine rings is 1. The molecule has 0 saturated carbocycles. The highest BCUT2D eigenvalue weighted by Crippen LogP contribution is 2.39. The molecule has 0 bridgehead atoms. The third-order valence-electron chi connectivity index (χ3n) is 8.94. The molecule has 214 valence electrons. The van der Waals surface area contributed by atoms with E-state index in [-0.39, 0.29) is 0 Å². The Kier molecular flexibility index (Phi) is 6.14. The quantitative estimate of drug-likeness (QED) is 0.193. The van der Waals surface area contributed by atoms with E-state index in [0.29, 0.717) is 5.82 Å². The average Bonchev–Trinajstić information content (AvgIpc) is 3.14. The first-order valence-corrected chi connectivity index (χ1v) is 15.5. The number of benzene rings is 7. The van der Waals surface area contributed by atoms with Gasteiger partial charge in [0.05, 0.1) is 11.4 Å². The van der Waals surface area contributed by atoms with Gasteiger partial charge in [0, 0.05) is 40.0 Å². The van der Waals surface area contributed by atoms with E-state index in [1.165, 1.54) is 37.7 Å². The van der Waals surface area contributed by atoms with Gasteiger partial charge in [-0.3, -0.25) is 4.98 Å². The summed E-state index contributed by atoms with van der Waals surface area (Å²) in [5, 5.41) is 9.69. The smallest absolute Gasteiger partial charge is 0.160 e. The summed E-state index contributed by atoms with van der Waals surface area (Å²) in [6.45, 7) is 0. The zero-order chi connectivity index (χ0) is 30.5. The van der Waals surface area contributed by atoms with Crippen LogP contribution in [0, 0.1) is 0 Å². The Bertz CT molecular complexity index is 2570. The Morgan fingerprint density at radius 2 is 0.978 bits per heavy atom. The highest BCUT2D eigenvalue weighted by molar-refractivity contribution is 6.23. The first-order valence-electron chi connectivity index (χ1n) is 15.5. The molecule has 7 aromatic carbocycles. The topological polar surface area (TPSA) is 38.7 Å². The van der Waals surface area contributed by atoms with Crippen molar-refractivity contribution < 1.29 is 0 Å². The van der Waals surface area contributed by atoms with Crippen LogP contribution in [0.15, 0.2) is 164 Å². The molecule has 0 aliphatic carbocycles. The van der Waals surface area contributed by atoms with E-state index >= 15 is 0 Å². The molecule has 0 aliphatic rings. The van der Waals surface area contributed by atoms with Gasteiger partial charge in [-0.2, -0.15) is 0 Å². The lowest BCUT2D eigenvalue weighted by atomic mass is 9.92. The van der Waals surface area contributed by atoms with Crippen molar-refractivity contribution in [2.75, 3.05) is 0 Å². The summed E-state index contributed by atoms with van der Waals surface area (Å²) >= 11 is 0. The molecule has 0 N–H and O–H groups in total. The van der Waals surface area contributed by atoms with Crippen molar-refractivity contribution in [2.24, 2.45) is 0 Å². The van der Waals surface area contributed by atoms with Crippen LogP contribution < -0.4 is 0 Å². The molecule has 9 rings (SSSR count). The molecular formula is C43H27N3. The van der Waals surface area contributed by atoms with Crippen molar-refractivity contribution in [1.29, 1.82) is 0 Å². The minimum absolute atomic E-state index is 0.707. The van der Waals surface area contributed by atoms with Gasteiger partial charge in [0.15, 0.2) is 5.82 Å². The second-order valence-corrected chi connectivity index (χ2v) is 11.7. The Labute approximate surface area is 266 Å². The molecule has 9 aromatic rings. The number of hydrogen-bond acceptors (Lipinski definition) is 3. The molecule has 0 spiro atoms. The van der Waals surface area contributed by atoms with Gasteiger partial charge in [-0.25, -0.2) is 9.97 Å². The second kappa shape index (κ2) is 10.8. The van der Waals surface area contributed by atoms with Gasteiger partial charge in [0.25, 0.3) is 0 Å². The van der Waals surface area contributed by atoms with E-state index in [2.05, 4.69) is 138 Å². The van der Waals surface area contributed by atoms with Crippen LogP contribution in [0.4, 0.5) is 0 Å². The van der Waals surface area contributed by atoms with Crippen molar-refractivity contribution in [2.45, 2.75) is 0 Å². The molecule has 0 aliphatic heterocycles. The summed E-state index contributed by atoms with van der Waals surface area (Å²) in [5.41, 5.74) is 7.14. The summed E-state index contributed by atoms with van der Waals surface area (Å²) in [7, 11) is 0. The molecule has 3 nitrogen and oxygen atoms in total.